The minimum atomic E-state index is -2.19. The summed E-state index contributed by atoms with van der Waals surface area (Å²) in [6.07, 6.45) is 0.482. The molecule has 1 aromatic heterocycles. The Labute approximate surface area is 228 Å². The first-order valence-electron chi connectivity index (χ1n) is 14.3. The van der Waals surface area contributed by atoms with E-state index in [2.05, 4.69) is 0 Å². The Kier molecular flexibility index (Phi) is 4.70. The van der Waals surface area contributed by atoms with Gasteiger partial charge in [0.2, 0.25) is 0 Å². The first-order chi connectivity index (χ1) is 18.1. The van der Waals surface area contributed by atoms with Crippen molar-refractivity contribution < 1.29 is 44.0 Å². The van der Waals surface area contributed by atoms with E-state index in [0.717, 1.165) is 0 Å². The number of carbonyl (C=O) groups is 1. The molecule has 11 atom stereocenters. The van der Waals surface area contributed by atoms with Crippen LogP contribution in [0.5, 0.6) is 0 Å². The molecule has 8 rings (SSSR count). The van der Waals surface area contributed by atoms with Crippen LogP contribution in [0.1, 0.15) is 71.3 Å². The molecule has 0 aromatic carbocycles. The highest BCUT2D eigenvalue weighted by Gasteiger charge is 3.11. The second-order valence-corrected chi connectivity index (χ2v) is 13.8. The maximum Gasteiger partial charge on any atom is 0.457 e. The standard InChI is InChI=1S/C28H40BNO9/c1-8-29-38-23-12-11-16(4)18(31)26(23)28(35)22(6)24(33,37-26)14-21(23,5)27(28,39-29)20(25(22,34)15(2)3)36-19(32)17-10-9-13-30(17)7/h9-10,13,15-16,18,20,31,33-35H,8,11-12,14H2,1-7H3/t16-,18+,20+,21-,22+,23-,24+,25+,26+,27+,28-/m0/s1. The molecule has 4 heterocycles. The molecule has 7 fully saturated rings. The van der Waals surface area contributed by atoms with Crippen LogP contribution in [-0.2, 0) is 25.8 Å². The Hall–Kier alpha value is -1.47. The van der Waals surface area contributed by atoms with Crippen molar-refractivity contribution in [1.82, 2.24) is 4.57 Å². The minimum absolute atomic E-state index is 0.0364. The summed E-state index contributed by atoms with van der Waals surface area (Å²) in [5.41, 5.74) is -11.8. The molecule has 3 aliphatic heterocycles. The normalized spacial score (nSPS) is 56.4. The Morgan fingerprint density at radius 2 is 1.92 bits per heavy atom. The molecule has 7 aliphatic rings. The van der Waals surface area contributed by atoms with Gasteiger partial charge in [-0.1, -0.05) is 34.6 Å². The largest absolute Gasteiger partial charge is 0.457 e. The number of carbonyl (C=O) groups excluding carboxylic acids is 1. The summed E-state index contributed by atoms with van der Waals surface area (Å²) in [5, 5.41) is 51.0. The lowest BCUT2D eigenvalue weighted by Gasteiger charge is -2.66. The second-order valence-electron chi connectivity index (χ2n) is 13.8. The van der Waals surface area contributed by atoms with E-state index < -0.39 is 75.8 Å². The van der Waals surface area contributed by atoms with Gasteiger partial charge >= 0.3 is 13.1 Å². The van der Waals surface area contributed by atoms with E-state index in [1.54, 1.807) is 50.7 Å². The first kappa shape index (κ1) is 26.4. The number of hydrogen-bond donors (Lipinski definition) is 4. The fourth-order valence-electron chi connectivity index (χ4n) is 10.9. The molecule has 11 heteroatoms. The summed E-state index contributed by atoms with van der Waals surface area (Å²) in [6.45, 7) is 10.8. The lowest BCUT2D eigenvalue weighted by atomic mass is 9.51. The molecular formula is C28H40BNO9. The van der Waals surface area contributed by atoms with Crippen LogP contribution in [0.25, 0.3) is 0 Å². The summed E-state index contributed by atoms with van der Waals surface area (Å²) in [5.74, 6) is -3.68. The van der Waals surface area contributed by atoms with Gasteiger partial charge in [0.15, 0.2) is 17.5 Å². The van der Waals surface area contributed by atoms with Gasteiger partial charge in [-0.3, -0.25) is 0 Å². The van der Waals surface area contributed by atoms with E-state index >= 15 is 0 Å². The van der Waals surface area contributed by atoms with Crippen LogP contribution in [0, 0.1) is 22.7 Å². The summed E-state index contributed by atoms with van der Waals surface area (Å²) in [7, 11) is 0.899. The Balaban J connectivity index is 1.59. The molecule has 4 N–H and O–H groups in total. The lowest BCUT2D eigenvalue weighted by Crippen LogP contribution is -2.78. The number of aliphatic hydroxyl groups is 4. The molecule has 39 heavy (non-hydrogen) atoms. The van der Waals surface area contributed by atoms with Gasteiger partial charge in [0.25, 0.3) is 0 Å². The van der Waals surface area contributed by atoms with Crippen molar-refractivity contribution in [3.05, 3.63) is 24.0 Å². The molecule has 1 aromatic rings. The highest BCUT2D eigenvalue weighted by molar-refractivity contribution is 6.45. The highest BCUT2D eigenvalue weighted by atomic mass is 16.7. The third kappa shape index (κ3) is 2.03. The van der Waals surface area contributed by atoms with Crippen LogP contribution >= 0.6 is 0 Å². The molecule has 10 nitrogen and oxygen atoms in total. The Bertz CT molecular complexity index is 1290. The fourth-order valence-corrected chi connectivity index (χ4v) is 10.9. The molecule has 3 saturated heterocycles. The maximum atomic E-state index is 13.8. The van der Waals surface area contributed by atoms with Crippen molar-refractivity contribution in [2.75, 3.05) is 0 Å². The zero-order valence-corrected chi connectivity index (χ0v) is 23.7. The fraction of sp³-hybridized carbons (Fsp3) is 0.821. The number of esters is 1. The molecule has 0 amide bonds. The van der Waals surface area contributed by atoms with Crippen molar-refractivity contribution in [3.63, 3.8) is 0 Å². The van der Waals surface area contributed by atoms with E-state index in [9.17, 15) is 25.2 Å². The number of nitrogens with zero attached hydrogens (tertiary/aromatic N) is 1. The monoisotopic (exact) mass is 545 g/mol. The third-order valence-corrected chi connectivity index (χ3v) is 12.5. The number of aliphatic hydroxyl groups excluding tert-OH is 1. The molecule has 3 spiro atoms. The Morgan fingerprint density at radius 1 is 1.23 bits per heavy atom. The van der Waals surface area contributed by atoms with E-state index in [1.807, 2.05) is 20.8 Å². The van der Waals surface area contributed by atoms with Gasteiger partial charge in [-0.05, 0) is 50.1 Å². The predicted molar refractivity (Wildman–Crippen MR) is 137 cm³/mol. The highest BCUT2D eigenvalue weighted by Crippen LogP contribution is 2.92. The number of aromatic nitrogens is 1. The Morgan fingerprint density at radius 3 is 2.51 bits per heavy atom. The number of aryl methyl sites for hydroxylation is 1. The SMILES string of the molecule is CCB1O[C@]23CC[C@H](C)[C@@H](O)[C@@]24O[C@]2(O)C[C@]3(C)[C@]3(O1)[C@H](OC(=O)c1cccn1C)[C@](O)(C(C)C)[C@]2(C)[C@@]34O. The van der Waals surface area contributed by atoms with Crippen molar-refractivity contribution >= 4 is 13.1 Å². The second kappa shape index (κ2) is 6.94. The summed E-state index contributed by atoms with van der Waals surface area (Å²) >= 11 is 0. The van der Waals surface area contributed by atoms with Crippen molar-refractivity contribution in [3.8, 4) is 0 Å². The van der Waals surface area contributed by atoms with Crippen molar-refractivity contribution in [1.29, 1.82) is 0 Å². The van der Waals surface area contributed by atoms with Crippen LogP contribution in [0.15, 0.2) is 18.3 Å². The molecular weight excluding hydrogens is 505 g/mol. The van der Waals surface area contributed by atoms with E-state index in [4.69, 9.17) is 18.8 Å². The van der Waals surface area contributed by atoms with Crippen LogP contribution in [0.3, 0.4) is 0 Å². The average molecular weight is 545 g/mol. The van der Waals surface area contributed by atoms with Gasteiger partial charge in [-0.25, -0.2) is 4.79 Å². The average Bonchev–Trinajstić information content (AvgIpc) is 3.38. The van der Waals surface area contributed by atoms with Gasteiger partial charge in [0, 0.05) is 25.1 Å². The van der Waals surface area contributed by atoms with E-state index in [1.165, 1.54) is 0 Å². The molecule has 0 unspecified atom stereocenters. The van der Waals surface area contributed by atoms with Crippen molar-refractivity contribution in [2.45, 2.75) is 113 Å². The topological polar surface area (TPSA) is 140 Å². The number of ether oxygens (including phenoxy) is 2. The minimum Gasteiger partial charge on any atom is -0.451 e. The number of rotatable bonds is 4. The first-order valence-corrected chi connectivity index (χ1v) is 14.3. The predicted octanol–water partition coefficient (Wildman–Crippen LogP) is 1.39. The quantitative estimate of drug-likeness (QED) is 0.327. The molecule has 214 valence electrons. The van der Waals surface area contributed by atoms with Gasteiger partial charge in [-0.15, -0.1) is 0 Å². The van der Waals surface area contributed by atoms with Crippen LogP contribution < -0.4 is 0 Å². The zero-order valence-electron chi connectivity index (χ0n) is 23.7. The van der Waals surface area contributed by atoms with E-state index in [0.29, 0.717) is 19.2 Å². The van der Waals surface area contributed by atoms with Crippen LogP contribution in [-0.4, -0.2) is 84.1 Å². The van der Waals surface area contributed by atoms with Crippen LogP contribution in [0.2, 0.25) is 6.32 Å². The molecule has 4 saturated carbocycles. The summed E-state index contributed by atoms with van der Waals surface area (Å²) in [6, 6.07) is 3.35. The van der Waals surface area contributed by atoms with Gasteiger partial charge in [-0.2, -0.15) is 0 Å². The van der Waals surface area contributed by atoms with Crippen molar-refractivity contribution in [2.24, 2.45) is 29.7 Å². The molecule has 0 radical (unpaired) electrons. The smallest absolute Gasteiger partial charge is 0.451 e. The van der Waals surface area contributed by atoms with Gasteiger partial charge in [0.1, 0.15) is 22.5 Å². The molecule has 4 aliphatic carbocycles. The zero-order chi connectivity index (χ0) is 28.4. The maximum absolute atomic E-state index is 13.8. The molecule has 7 bridgehead atoms. The summed E-state index contributed by atoms with van der Waals surface area (Å²) in [4.78, 5) is 13.8. The van der Waals surface area contributed by atoms with E-state index in [-0.39, 0.29) is 18.0 Å². The van der Waals surface area contributed by atoms with Gasteiger partial charge in [0.05, 0.1) is 17.1 Å². The van der Waals surface area contributed by atoms with Crippen LogP contribution in [0.4, 0.5) is 0 Å². The number of hydrogen-bond acceptors (Lipinski definition) is 9. The summed E-state index contributed by atoms with van der Waals surface area (Å²) < 4.78 is 28.2. The lowest BCUT2D eigenvalue weighted by molar-refractivity contribution is -0.394. The van der Waals surface area contributed by atoms with Gasteiger partial charge < -0.3 is 43.8 Å². The third-order valence-electron chi connectivity index (χ3n) is 12.5.